The molecule has 0 heterocycles. The van der Waals surface area contributed by atoms with Gasteiger partial charge in [0.25, 0.3) is 0 Å². The Morgan fingerprint density at radius 1 is 1.09 bits per heavy atom. The summed E-state index contributed by atoms with van der Waals surface area (Å²) in [6, 6.07) is 17.0. The lowest BCUT2D eigenvalue weighted by Gasteiger charge is -2.22. The molecule has 2 aromatic rings. The van der Waals surface area contributed by atoms with E-state index in [1.54, 1.807) is 17.0 Å². The van der Waals surface area contributed by atoms with Crippen LogP contribution in [0.3, 0.4) is 0 Å². The SMILES string of the molecule is C=C(Br)CN(Cc1ccc(Cl)cc1)C(=O)OCc1ccccc1. The van der Waals surface area contributed by atoms with Gasteiger partial charge in [0.15, 0.2) is 0 Å². The molecular weight excluding hydrogens is 378 g/mol. The van der Waals surface area contributed by atoms with Gasteiger partial charge < -0.3 is 4.74 Å². The van der Waals surface area contributed by atoms with Crippen LogP contribution in [0.4, 0.5) is 4.79 Å². The number of carbonyl (C=O) groups excluding carboxylic acids is 1. The molecule has 2 aromatic carbocycles. The number of nitrogens with zero attached hydrogens (tertiary/aromatic N) is 1. The normalized spacial score (nSPS) is 10.2. The van der Waals surface area contributed by atoms with Crippen LogP contribution >= 0.6 is 27.5 Å². The average Bonchev–Trinajstić information content (AvgIpc) is 2.54. The van der Waals surface area contributed by atoms with E-state index in [-0.39, 0.29) is 12.7 Å². The molecular formula is C18H17BrClNO2. The predicted octanol–water partition coefficient (Wildman–Crippen LogP) is 5.39. The summed E-state index contributed by atoms with van der Waals surface area (Å²) in [6.07, 6.45) is -0.385. The monoisotopic (exact) mass is 393 g/mol. The van der Waals surface area contributed by atoms with Crippen LogP contribution in [0.1, 0.15) is 11.1 Å². The molecule has 0 fully saturated rings. The number of rotatable bonds is 6. The molecule has 0 spiro atoms. The van der Waals surface area contributed by atoms with Gasteiger partial charge in [0.05, 0.1) is 6.54 Å². The molecule has 120 valence electrons. The highest BCUT2D eigenvalue weighted by atomic mass is 79.9. The van der Waals surface area contributed by atoms with Crippen molar-refractivity contribution in [1.29, 1.82) is 0 Å². The number of hydrogen-bond acceptors (Lipinski definition) is 2. The molecule has 0 bridgehead atoms. The molecule has 0 aromatic heterocycles. The summed E-state index contributed by atoms with van der Waals surface area (Å²) in [5.74, 6) is 0. The van der Waals surface area contributed by atoms with E-state index in [4.69, 9.17) is 16.3 Å². The Bertz CT molecular complexity index is 658. The predicted molar refractivity (Wildman–Crippen MR) is 96.6 cm³/mol. The van der Waals surface area contributed by atoms with Crippen molar-refractivity contribution in [1.82, 2.24) is 4.90 Å². The zero-order valence-corrected chi connectivity index (χ0v) is 14.9. The van der Waals surface area contributed by atoms with E-state index < -0.39 is 0 Å². The number of carbonyl (C=O) groups is 1. The zero-order valence-electron chi connectivity index (χ0n) is 12.5. The van der Waals surface area contributed by atoms with E-state index >= 15 is 0 Å². The fourth-order valence-corrected chi connectivity index (χ4v) is 2.44. The van der Waals surface area contributed by atoms with Gasteiger partial charge in [0, 0.05) is 16.0 Å². The number of benzene rings is 2. The highest BCUT2D eigenvalue weighted by molar-refractivity contribution is 9.11. The van der Waals surface area contributed by atoms with Crippen molar-refractivity contribution >= 4 is 33.6 Å². The summed E-state index contributed by atoms with van der Waals surface area (Å²) in [7, 11) is 0. The number of hydrogen-bond donors (Lipinski definition) is 0. The van der Waals surface area contributed by atoms with Gasteiger partial charge >= 0.3 is 6.09 Å². The van der Waals surface area contributed by atoms with Gasteiger partial charge in [-0.25, -0.2) is 4.79 Å². The van der Waals surface area contributed by atoms with Crippen LogP contribution in [0.25, 0.3) is 0 Å². The third-order valence-electron chi connectivity index (χ3n) is 3.11. The molecule has 2 rings (SSSR count). The highest BCUT2D eigenvalue weighted by Crippen LogP contribution is 2.15. The molecule has 0 saturated carbocycles. The lowest BCUT2D eigenvalue weighted by Crippen LogP contribution is -2.32. The van der Waals surface area contributed by atoms with Gasteiger partial charge in [-0.1, -0.05) is 76.6 Å². The molecule has 0 radical (unpaired) electrons. The van der Waals surface area contributed by atoms with Crippen molar-refractivity contribution < 1.29 is 9.53 Å². The average molecular weight is 395 g/mol. The Balaban J connectivity index is 2.00. The molecule has 5 heteroatoms. The Morgan fingerprint density at radius 2 is 1.74 bits per heavy atom. The van der Waals surface area contributed by atoms with Crippen molar-refractivity contribution in [2.75, 3.05) is 6.54 Å². The Kier molecular flexibility index (Phi) is 6.68. The second-order valence-corrected chi connectivity index (χ2v) is 6.60. The summed E-state index contributed by atoms with van der Waals surface area (Å²) >= 11 is 9.19. The summed E-state index contributed by atoms with van der Waals surface area (Å²) in [5, 5.41) is 0.664. The molecule has 0 atom stereocenters. The summed E-state index contributed by atoms with van der Waals surface area (Å²) < 4.78 is 6.10. The van der Waals surface area contributed by atoms with E-state index in [2.05, 4.69) is 22.5 Å². The van der Waals surface area contributed by atoms with Crippen molar-refractivity contribution in [3.05, 3.63) is 81.8 Å². The van der Waals surface area contributed by atoms with E-state index in [1.165, 1.54) is 0 Å². The second kappa shape index (κ2) is 8.75. The lowest BCUT2D eigenvalue weighted by atomic mass is 10.2. The molecule has 0 N–H and O–H groups in total. The third kappa shape index (κ3) is 6.08. The summed E-state index contributed by atoms with van der Waals surface area (Å²) in [6.45, 7) is 4.84. The molecule has 0 aliphatic rings. The maximum Gasteiger partial charge on any atom is 0.410 e. The van der Waals surface area contributed by atoms with E-state index in [0.29, 0.717) is 22.6 Å². The first-order valence-electron chi connectivity index (χ1n) is 7.08. The van der Waals surface area contributed by atoms with Crippen molar-refractivity contribution in [2.45, 2.75) is 13.2 Å². The Labute approximate surface area is 149 Å². The fourth-order valence-electron chi connectivity index (χ4n) is 2.01. The first-order valence-corrected chi connectivity index (χ1v) is 8.25. The number of ether oxygens (including phenoxy) is 1. The van der Waals surface area contributed by atoms with Crippen LogP contribution in [0, 0.1) is 0 Å². The molecule has 0 saturated heterocycles. The van der Waals surface area contributed by atoms with Gasteiger partial charge in [0.2, 0.25) is 0 Å². The minimum Gasteiger partial charge on any atom is -0.445 e. The lowest BCUT2D eigenvalue weighted by molar-refractivity contribution is 0.0976. The largest absolute Gasteiger partial charge is 0.445 e. The number of halogens is 2. The summed E-state index contributed by atoms with van der Waals surface area (Å²) in [5.41, 5.74) is 1.92. The van der Waals surface area contributed by atoms with Crippen molar-refractivity contribution in [2.24, 2.45) is 0 Å². The maximum atomic E-state index is 12.3. The van der Waals surface area contributed by atoms with Crippen LogP contribution in [-0.4, -0.2) is 17.5 Å². The topological polar surface area (TPSA) is 29.5 Å². The van der Waals surface area contributed by atoms with E-state index in [0.717, 1.165) is 11.1 Å². The molecule has 0 aliphatic carbocycles. The third-order valence-corrected chi connectivity index (χ3v) is 3.62. The van der Waals surface area contributed by atoms with Crippen LogP contribution in [-0.2, 0) is 17.9 Å². The summed E-state index contributed by atoms with van der Waals surface area (Å²) in [4.78, 5) is 13.9. The second-order valence-electron chi connectivity index (χ2n) is 5.04. The van der Waals surface area contributed by atoms with Gasteiger partial charge in [-0.15, -0.1) is 0 Å². The minimum absolute atomic E-state index is 0.242. The molecule has 3 nitrogen and oxygen atoms in total. The Morgan fingerprint density at radius 3 is 2.35 bits per heavy atom. The molecule has 1 amide bonds. The number of amides is 1. The standard InChI is InChI=1S/C18H17BrClNO2/c1-14(19)11-21(12-15-7-9-17(20)10-8-15)18(22)23-13-16-5-3-2-4-6-16/h2-10H,1,11-13H2. The van der Waals surface area contributed by atoms with Crippen LogP contribution in [0.15, 0.2) is 65.7 Å². The van der Waals surface area contributed by atoms with Gasteiger partial charge in [0.1, 0.15) is 6.61 Å². The molecule has 23 heavy (non-hydrogen) atoms. The first-order chi connectivity index (χ1) is 11.0. The van der Waals surface area contributed by atoms with Gasteiger partial charge in [-0.3, -0.25) is 4.90 Å². The quantitative estimate of drug-likeness (QED) is 0.657. The van der Waals surface area contributed by atoms with Crippen LogP contribution in [0.5, 0.6) is 0 Å². The van der Waals surface area contributed by atoms with Gasteiger partial charge in [-0.05, 0) is 23.3 Å². The van der Waals surface area contributed by atoms with E-state index in [9.17, 15) is 4.79 Å². The molecule has 0 unspecified atom stereocenters. The Hall–Kier alpha value is -1.78. The van der Waals surface area contributed by atoms with Crippen LogP contribution < -0.4 is 0 Å². The van der Waals surface area contributed by atoms with Gasteiger partial charge in [-0.2, -0.15) is 0 Å². The highest BCUT2D eigenvalue weighted by Gasteiger charge is 2.16. The van der Waals surface area contributed by atoms with Crippen LogP contribution in [0.2, 0.25) is 5.02 Å². The van der Waals surface area contributed by atoms with Crippen molar-refractivity contribution in [3.63, 3.8) is 0 Å². The zero-order chi connectivity index (χ0) is 16.7. The minimum atomic E-state index is -0.385. The smallest absolute Gasteiger partial charge is 0.410 e. The van der Waals surface area contributed by atoms with E-state index in [1.807, 2.05) is 42.5 Å². The fraction of sp³-hybridized carbons (Fsp3) is 0.167. The first kappa shape index (κ1) is 17.6. The maximum absolute atomic E-state index is 12.3. The van der Waals surface area contributed by atoms with Crippen molar-refractivity contribution in [3.8, 4) is 0 Å². The molecule has 0 aliphatic heterocycles.